The molecule has 1 aliphatic rings. The third-order valence-corrected chi connectivity index (χ3v) is 3.51. The quantitative estimate of drug-likeness (QED) is 0.464. The number of phenolic OH excluding ortho intramolecular Hbond substituents is 2. The van der Waals surface area contributed by atoms with Gasteiger partial charge in [0.05, 0.1) is 11.7 Å². The monoisotopic (exact) mass is 294 g/mol. The molecule has 0 spiro atoms. The van der Waals surface area contributed by atoms with Gasteiger partial charge >= 0.3 is 0 Å². The molecule has 1 aliphatic heterocycles. The first-order valence-electron chi connectivity index (χ1n) is 7.30. The highest BCUT2D eigenvalue weighted by Gasteiger charge is 2.14. The molecule has 116 valence electrons. The summed E-state index contributed by atoms with van der Waals surface area (Å²) >= 11 is 0. The standard InChI is InChI=1S/C15H22N2O4/c18-13-4-1-3-12(14(13)19)15(20)17-7-2-10-21-11-5-8-16-9-6-11/h1,3-4,11,16,18-19H,2,5-10H2,(H,17,20). The first-order valence-corrected chi connectivity index (χ1v) is 7.30. The van der Waals surface area contributed by atoms with Crippen LogP contribution in [0.2, 0.25) is 0 Å². The van der Waals surface area contributed by atoms with Crippen LogP contribution in [0, 0.1) is 0 Å². The van der Waals surface area contributed by atoms with Crippen molar-refractivity contribution in [2.45, 2.75) is 25.4 Å². The molecule has 6 nitrogen and oxygen atoms in total. The van der Waals surface area contributed by atoms with Crippen molar-refractivity contribution in [1.82, 2.24) is 10.6 Å². The Balaban J connectivity index is 1.66. The van der Waals surface area contributed by atoms with Gasteiger partial charge in [-0.05, 0) is 44.5 Å². The van der Waals surface area contributed by atoms with Gasteiger partial charge in [-0.15, -0.1) is 0 Å². The number of carbonyl (C=O) groups excluding carboxylic acids is 1. The van der Waals surface area contributed by atoms with Gasteiger partial charge in [0.1, 0.15) is 0 Å². The fourth-order valence-corrected chi connectivity index (χ4v) is 2.30. The molecule has 1 aromatic rings. The molecule has 1 amide bonds. The molecule has 4 N–H and O–H groups in total. The van der Waals surface area contributed by atoms with Gasteiger partial charge in [0.2, 0.25) is 0 Å². The minimum Gasteiger partial charge on any atom is -0.504 e. The molecule has 0 atom stereocenters. The van der Waals surface area contributed by atoms with Crippen LogP contribution in [-0.2, 0) is 4.74 Å². The highest BCUT2D eigenvalue weighted by Crippen LogP contribution is 2.27. The lowest BCUT2D eigenvalue weighted by Crippen LogP contribution is -2.33. The van der Waals surface area contributed by atoms with Gasteiger partial charge in [0.25, 0.3) is 5.91 Å². The summed E-state index contributed by atoms with van der Waals surface area (Å²) in [5.74, 6) is -1.08. The van der Waals surface area contributed by atoms with Crippen LogP contribution in [0.4, 0.5) is 0 Å². The van der Waals surface area contributed by atoms with Gasteiger partial charge in [-0.3, -0.25) is 4.79 Å². The maximum atomic E-state index is 11.9. The molecule has 0 bridgehead atoms. The van der Waals surface area contributed by atoms with Crippen molar-refractivity contribution in [3.63, 3.8) is 0 Å². The van der Waals surface area contributed by atoms with Gasteiger partial charge in [-0.1, -0.05) is 6.07 Å². The number of benzene rings is 1. The number of para-hydroxylation sites is 1. The number of phenols is 2. The Morgan fingerprint density at radius 3 is 2.86 bits per heavy atom. The van der Waals surface area contributed by atoms with Crippen LogP contribution in [-0.4, -0.2) is 48.5 Å². The Bertz CT molecular complexity index is 473. The van der Waals surface area contributed by atoms with Gasteiger partial charge < -0.3 is 25.6 Å². The molecule has 1 saturated heterocycles. The number of carbonyl (C=O) groups is 1. The molecule has 0 aromatic heterocycles. The lowest BCUT2D eigenvalue weighted by atomic mass is 10.1. The van der Waals surface area contributed by atoms with E-state index in [0.717, 1.165) is 32.4 Å². The summed E-state index contributed by atoms with van der Waals surface area (Å²) in [6, 6.07) is 4.32. The number of ether oxygens (including phenoxy) is 1. The molecule has 0 aliphatic carbocycles. The summed E-state index contributed by atoms with van der Waals surface area (Å²) in [6.45, 7) is 3.08. The van der Waals surface area contributed by atoms with Crippen molar-refractivity contribution in [1.29, 1.82) is 0 Å². The second kappa shape index (κ2) is 7.85. The molecule has 0 radical (unpaired) electrons. The van der Waals surface area contributed by atoms with E-state index >= 15 is 0 Å². The van der Waals surface area contributed by atoms with E-state index in [1.807, 2.05) is 0 Å². The summed E-state index contributed by atoms with van der Waals surface area (Å²) in [6.07, 6.45) is 3.10. The minimum atomic E-state index is -0.398. The van der Waals surface area contributed by atoms with E-state index in [0.29, 0.717) is 19.3 Å². The van der Waals surface area contributed by atoms with Crippen LogP contribution in [0.25, 0.3) is 0 Å². The molecule has 1 heterocycles. The number of nitrogens with one attached hydrogen (secondary N) is 2. The Morgan fingerprint density at radius 1 is 1.33 bits per heavy atom. The number of piperidine rings is 1. The first-order chi connectivity index (χ1) is 10.2. The van der Waals surface area contributed by atoms with Gasteiger partial charge in [0.15, 0.2) is 11.5 Å². The fourth-order valence-electron chi connectivity index (χ4n) is 2.30. The average Bonchev–Trinajstić information content (AvgIpc) is 2.50. The van der Waals surface area contributed by atoms with Crippen LogP contribution in [0.1, 0.15) is 29.6 Å². The van der Waals surface area contributed by atoms with Crippen LogP contribution < -0.4 is 10.6 Å². The van der Waals surface area contributed by atoms with Crippen molar-refractivity contribution in [2.24, 2.45) is 0 Å². The van der Waals surface area contributed by atoms with Crippen molar-refractivity contribution >= 4 is 5.91 Å². The summed E-state index contributed by atoms with van der Waals surface area (Å²) in [5.41, 5.74) is 0.0780. The summed E-state index contributed by atoms with van der Waals surface area (Å²) < 4.78 is 5.73. The zero-order valence-electron chi connectivity index (χ0n) is 12.0. The Labute approximate surface area is 124 Å². The smallest absolute Gasteiger partial charge is 0.255 e. The third-order valence-electron chi connectivity index (χ3n) is 3.51. The Morgan fingerprint density at radius 2 is 2.10 bits per heavy atom. The number of aromatic hydroxyl groups is 2. The highest BCUT2D eigenvalue weighted by molar-refractivity contribution is 5.97. The predicted molar refractivity (Wildman–Crippen MR) is 78.6 cm³/mol. The van der Waals surface area contributed by atoms with Gasteiger partial charge in [-0.25, -0.2) is 0 Å². The maximum absolute atomic E-state index is 11.9. The second-order valence-corrected chi connectivity index (χ2v) is 5.10. The predicted octanol–water partition coefficient (Wildman–Crippen LogP) is 0.986. The van der Waals surface area contributed by atoms with Gasteiger partial charge in [-0.2, -0.15) is 0 Å². The molecule has 1 fully saturated rings. The van der Waals surface area contributed by atoms with Crippen LogP contribution >= 0.6 is 0 Å². The lowest BCUT2D eigenvalue weighted by Gasteiger charge is -2.22. The third kappa shape index (κ3) is 4.61. The maximum Gasteiger partial charge on any atom is 0.255 e. The number of hydrogen-bond donors (Lipinski definition) is 4. The molecular formula is C15H22N2O4. The van der Waals surface area contributed by atoms with E-state index in [1.54, 1.807) is 0 Å². The SMILES string of the molecule is O=C(NCCCOC1CCNCC1)c1cccc(O)c1O. The molecule has 6 heteroatoms. The number of amides is 1. The van der Waals surface area contributed by atoms with E-state index in [9.17, 15) is 15.0 Å². The molecular weight excluding hydrogens is 272 g/mol. The van der Waals surface area contributed by atoms with Crippen LogP contribution in [0.5, 0.6) is 11.5 Å². The molecule has 0 unspecified atom stereocenters. The van der Waals surface area contributed by atoms with Crippen molar-refractivity contribution in [3.05, 3.63) is 23.8 Å². The molecule has 2 rings (SSSR count). The normalized spacial score (nSPS) is 15.8. The summed E-state index contributed by atoms with van der Waals surface area (Å²) in [7, 11) is 0. The zero-order valence-corrected chi connectivity index (χ0v) is 12.0. The van der Waals surface area contributed by atoms with Gasteiger partial charge in [0, 0.05) is 13.2 Å². The van der Waals surface area contributed by atoms with E-state index in [4.69, 9.17) is 4.74 Å². The van der Waals surface area contributed by atoms with E-state index in [2.05, 4.69) is 10.6 Å². The largest absolute Gasteiger partial charge is 0.504 e. The Hall–Kier alpha value is -1.79. The summed E-state index contributed by atoms with van der Waals surface area (Å²) in [5, 5.41) is 24.9. The molecule has 0 saturated carbocycles. The van der Waals surface area contributed by atoms with Crippen molar-refractivity contribution in [3.8, 4) is 11.5 Å². The van der Waals surface area contributed by atoms with Crippen LogP contribution in [0.15, 0.2) is 18.2 Å². The Kier molecular flexibility index (Phi) is 5.83. The van der Waals surface area contributed by atoms with Crippen molar-refractivity contribution < 1.29 is 19.7 Å². The highest BCUT2D eigenvalue weighted by atomic mass is 16.5. The molecule has 1 aromatic carbocycles. The zero-order chi connectivity index (χ0) is 15.1. The molecule has 21 heavy (non-hydrogen) atoms. The topological polar surface area (TPSA) is 90.8 Å². The first kappa shape index (κ1) is 15.6. The van der Waals surface area contributed by atoms with E-state index in [-0.39, 0.29) is 17.1 Å². The second-order valence-electron chi connectivity index (χ2n) is 5.10. The minimum absolute atomic E-state index is 0.0780. The fraction of sp³-hybridized carbons (Fsp3) is 0.533. The number of rotatable bonds is 6. The van der Waals surface area contributed by atoms with E-state index < -0.39 is 5.91 Å². The van der Waals surface area contributed by atoms with E-state index in [1.165, 1.54) is 18.2 Å². The number of hydrogen-bond acceptors (Lipinski definition) is 5. The van der Waals surface area contributed by atoms with Crippen LogP contribution in [0.3, 0.4) is 0 Å². The average molecular weight is 294 g/mol. The lowest BCUT2D eigenvalue weighted by molar-refractivity contribution is 0.0317. The summed E-state index contributed by atoms with van der Waals surface area (Å²) in [4.78, 5) is 11.9. The van der Waals surface area contributed by atoms with Crippen molar-refractivity contribution in [2.75, 3.05) is 26.2 Å².